The second-order valence-electron chi connectivity index (χ2n) is 6.82. The van der Waals surface area contributed by atoms with E-state index in [2.05, 4.69) is 14.8 Å². The van der Waals surface area contributed by atoms with Crippen molar-refractivity contribution < 1.29 is 4.79 Å². The molecule has 1 unspecified atom stereocenters. The summed E-state index contributed by atoms with van der Waals surface area (Å²) in [5, 5.41) is 8.43. The van der Waals surface area contributed by atoms with Gasteiger partial charge in [0.1, 0.15) is 18.2 Å². The van der Waals surface area contributed by atoms with Gasteiger partial charge in [0.05, 0.1) is 0 Å². The van der Waals surface area contributed by atoms with E-state index in [1.54, 1.807) is 0 Å². The van der Waals surface area contributed by atoms with Crippen LogP contribution in [-0.2, 0) is 4.79 Å². The molecule has 1 amide bonds. The fraction of sp³-hybridized carbons (Fsp3) is 0.500. The SMILES string of the molecule is Cl.NC(C(=O)N1CCC(c2nncn2C2CC2)CC1)c1ccccc1. The van der Waals surface area contributed by atoms with E-state index in [-0.39, 0.29) is 18.3 Å². The Morgan fingerprint density at radius 1 is 1.12 bits per heavy atom. The van der Waals surface area contributed by atoms with Gasteiger partial charge in [-0.05, 0) is 31.2 Å². The number of rotatable bonds is 4. The quantitative estimate of drug-likeness (QED) is 0.907. The standard InChI is InChI=1S/C18H23N5O.ClH/c19-16(13-4-2-1-3-5-13)18(24)22-10-8-14(9-11-22)17-21-20-12-23(17)15-6-7-15;/h1-5,12,14-16H,6-11,19H2;1H. The Labute approximate surface area is 153 Å². The molecule has 1 aliphatic heterocycles. The zero-order valence-electron chi connectivity index (χ0n) is 14.1. The maximum absolute atomic E-state index is 12.6. The highest BCUT2D eigenvalue weighted by Gasteiger charge is 2.32. The first-order valence-electron chi connectivity index (χ1n) is 8.73. The van der Waals surface area contributed by atoms with Gasteiger partial charge in [-0.2, -0.15) is 0 Å². The summed E-state index contributed by atoms with van der Waals surface area (Å²) >= 11 is 0. The number of benzene rings is 1. The van der Waals surface area contributed by atoms with Crippen LogP contribution in [0.25, 0.3) is 0 Å². The number of nitrogens with zero attached hydrogens (tertiary/aromatic N) is 4. The van der Waals surface area contributed by atoms with E-state index in [0.717, 1.165) is 37.3 Å². The molecular weight excluding hydrogens is 338 g/mol. The summed E-state index contributed by atoms with van der Waals surface area (Å²) in [5.74, 6) is 1.50. The van der Waals surface area contributed by atoms with Gasteiger partial charge in [-0.15, -0.1) is 22.6 Å². The molecule has 1 aromatic carbocycles. The van der Waals surface area contributed by atoms with Gasteiger partial charge in [0.2, 0.25) is 5.91 Å². The smallest absolute Gasteiger partial charge is 0.244 e. The molecule has 0 spiro atoms. The number of halogens is 1. The minimum absolute atomic E-state index is 0. The third kappa shape index (κ3) is 3.70. The maximum atomic E-state index is 12.6. The third-order valence-electron chi connectivity index (χ3n) is 5.14. The predicted octanol–water partition coefficient (Wildman–Crippen LogP) is 2.44. The first kappa shape index (κ1) is 17.9. The molecule has 0 radical (unpaired) electrons. The molecule has 2 aromatic rings. The Bertz CT molecular complexity index is 707. The summed E-state index contributed by atoms with van der Waals surface area (Å²) in [7, 11) is 0. The average molecular weight is 362 g/mol. The van der Waals surface area contributed by atoms with E-state index < -0.39 is 6.04 Å². The van der Waals surface area contributed by atoms with Gasteiger partial charge in [-0.3, -0.25) is 4.79 Å². The molecule has 6 nitrogen and oxygen atoms in total. The number of aromatic nitrogens is 3. The Morgan fingerprint density at radius 3 is 2.44 bits per heavy atom. The molecule has 25 heavy (non-hydrogen) atoms. The van der Waals surface area contributed by atoms with Crippen LogP contribution >= 0.6 is 12.4 Å². The minimum Gasteiger partial charge on any atom is -0.341 e. The van der Waals surface area contributed by atoms with Crippen molar-refractivity contribution in [2.75, 3.05) is 13.1 Å². The number of amides is 1. The molecule has 4 rings (SSSR count). The van der Waals surface area contributed by atoms with E-state index in [1.165, 1.54) is 12.8 Å². The fourth-order valence-electron chi connectivity index (χ4n) is 3.54. The summed E-state index contributed by atoms with van der Waals surface area (Å²) in [4.78, 5) is 14.5. The zero-order valence-corrected chi connectivity index (χ0v) is 14.9. The number of hydrogen-bond donors (Lipinski definition) is 1. The number of likely N-dealkylation sites (tertiary alicyclic amines) is 1. The highest BCUT2D eigenvalue weighted by atomic mass is 35.5. The lowest BCUT2D eigenvalue weighted by Crippen LogP contribution is -2.43. The molecule has 2 fully saturated rings. The molecule has 1 atom stereocenters. The molecule has 2 aliphatic rings. The van der Waals surface area contributed by atoms with Gasteiger partial charge < -0.3 is 15.2 Å². The van der Waals surface area contributed by atoms with Crippen LogP contribution in [0, 0.1) is 0 Å². The van der Waals surface area contributed by atoms with Crippen molar-refractivity contribution in [2.24, 2.45) is 5.73 Å². The summed E-state index contributed by atoms with van der Waals surface area (Å²) < 4.78 is 2.23. The molecule has 1 aliphatic carbocycles. The lowest BCUT2D eigenvalue weighted by atomic mass is 9.95. The second kappa shape index (κ2) is 7.54. The van der Waals surface area contributed by atoms with Crippen LogP contribution in [0.5, 0.6) is 0 Å². The summed E-state index contributed by atoms with van der Waals surface area (Å²) in [6.07, 6.45) is 6.18. The van der Waals surface area contributed by atoms with Gasteiger partial charge in [0.25, 0.3) is 0 Å². The molecule has 7 heteroatoms. The minimum atomic E-state index is -0.571. The van der Waals surface area contributed by atoms with Gasteiger partial charge in [-0.1, -0.05) is 30.3 Å². The number of carbonyl (C=O) groups excluding carboxylic acids is 1. The zero-order chi connectivity index (χ0) is 16.5. The molecule has 2 heterocycles. The van der Waals surface area contributed by atoms with Crippen LogP contribution in [0.4, 0.5) is 0 Å². The van der Waals surface area contributed by atoms with Gasteiger partial charge >= 0.3 is 0 Å². The molecule has 1 aromatic heterocycles. The van der Waals surface area contributed by atoms with E-state index in [4.69, 9.17) is 5.73 Å². The van der Waals surface area contributed by atoms with Crippen molar-refractivity contribution in [3.63, 3.8) is 0 Å². The summed E-state index contributed by atoms with van der Waals surface area (Å²) in [6, 6.07) is 9.61. The van der Waals surface area contributed by atoms with Crippen LogP contribution in [-0.4, -0.2) is 38.7 Å². The Balaban J connectivity index is 0.00000182. The molecule has 1 saturated heterocycles. The lowest BCUT2D eigenvalue weighted by Gasteiger charge is -2.33. The van der Waals surface area contributed by atoms with Gasteiger partial charge in [-0.25, -0.2) is 0 Å². The molecule has 1 saturated carbocycles. The van der Waals surface area contributed by atoms with E-state index >= 15 is 0 Å². The second-order valence-corrected chi connectivity index (χ2v) is 6.82. The highest BCUT2D eigenvalue weighted by Crippen LogP contribution is 2.38. The van der Waals surface area contributed by atoms with Gasteiger partial charge in [0.15, 0.2) is 0 Å². The van der Waals surface area contributed by atoms with Crippen LogP contribution in [0.1, 0.15) is 55.1 Å². The number of piperidine rings is 1. The Hall–Kier alpha value is -1.92. The summed E-state index contributed by atoms with van der Waals surface area (Å²) in [6.45, 7) is 1.48. The van der Waals surface area contributed by atoms with Crippen molar-refractivity contribution in [1.82, 2.24) is 19.7 Å². The van der Waals surface area contributed by atoms with Crippen molar-refractivity contribution in [3.8, 4) is 0 Å². The summed E-state index contributed by atoms with van der Waals surface area (Å²) in [5.41, 5.74) is 7.03. The monoisotopic (exact) mass is 361 g/mol. The van der Waals surface area contributed by atoms with Crippen LogP contribution in [0.3, 0.4) is 0 Å². The van der Waals surface area contributed by atoms with Crippen molar-refractivity contribution in [1.29, 1.82) is 0 Å². The van der Waals surface area contributed by atoms with Crippen molar-refractivity contribution in [2.45, 2.75) is 43.7 Å². The van der Waals surface area contributed by atoms with Crippen LogP contribution < -0.4 is 5.73 Å². The Morgan fingerprint density at radius 2 is 1.80 bits per heavy atom. The lowest BCUT2D eigenvalue weighted by molar-refractivity contribution is -0.133. The first-order chi connectivity index (χ1) is 11.7. The first-order valence-corrected chi connectivity index (χ1v) is 8.73. The topological polar surface area (TPSA) is 77.0 Å². The van der Waals surface area contributed by atoms with Gasteiger partial charge in [0, 0.05) is 25.0 Å². The average Bonchev–Trinajstić information content (AvgIpc) is 3.38. The fourth-order valence-corrected chi connectivity index (χ4v) is 3.54. The molecule has 0 bridgehead atoms. The van der Waals surface area contributed by atoms with Crippen molar-refractivity contribution in [3.05, 3.63) is 48.0 Å². The number of hydrogen-bond acceptors (Lipinski definition) is 4. The van der Waals surface area contributed by atoms with Crippen LogP contribution in [0.2, 0.25) is 0 Å². The maximum Gasteiger partial charge on any atom is 0.244 e. The van der Waals surface area contributed by atoms with E-state index in [1.807, 2.05) is 41.6 Å². The Kier molecular flexibility index (Phi) is 5.39. The normalized spacial score (nSPS) is 19.3. The molecule has 134 valence electrons. The highest BCUT2D eigenvalue weighted by molar-refractivity contribution is 5.85. The number of carbonyl (C=O) groups is 1. The molecule has 2 N–H and O–H groups in total. The third-order valence-corrected chi connectivity index (χ3v) is 5.14. The predicted molar refractivity (Wildman–Crippen MR) is 97.5 cm³/mol. The largest absolute Gasteiger partial charge is 0.341 e. The number of nitrogens with two attached hydrogens (primary N) is 1. The van der Waals surface area contributed by atoms with Crippen molar-refractivity contribution >= 4 is 18.3 Å². The van der Waals surface area contributed by atoms with E-state index in [0.29, 0.717) is 12.0 Å². The molecular formula is C18H24ClN5O. The van der Waals surface area contributed by atoms with Crippen LogP contribution in [0.15, 0.2) is 36.7 Å². The van der Waals surface area contributed by atoms with E-state index in [9.17, 15) is 4.79 Å².